The van der Waals surface area contributed by atoms with Crippen LogP contribution in [0.5, 0.6) is 0 Å². The Hall–Kier alpha value is -1.26. The van der Waals surface area contributed by atoms with E-state index in [1.165, 1.54) is 38.5 Å². The fraction of sp³-hybridized carbons (Fsp3) is 0.882. The first-order valence-electron chi connectivity index (χ1n) is 8.64. The Labute approximate surface area is 136 Å². The average Bonchev–Trinajstić information content (AvgIpc) is 2.51. The molecule has 0 unspecified atom stereocenters. The second-order valence-electron chi connectivity index (χ2n) is 6.44. The molecule has 0 aromatic heterocycles. The molecule has 130 valence electrons. The van der Waals surface area contributed by atoms with Gasteiger partial charge in [0.05, 0.1) is 5.41 Å². The van der Waals surface area contributed by atoms with Gasteiger partial charge < -0.3 is 16.0 Å². The molecule has 5 heteroatoms. The van der Waals surface area contributed by atoms with E-state index < -0.39 is 5.41 Å². The number of nitrogens with zero attached hydrogens (tertiary/aromatic N) is 1. The molecule has 0 aromatic rings. The highest BCUT2D eigenvalue weighted by molar-refractivity contribution is 5.84. The molecule has 0 heterocycles. The van der Waals surface area contributed by atoms with Crippen LogP contribution in [0.1, 0.15) is 65.7 Å². The Morgan fingerprint density at radius 2 is 1.59 bits per heavy atom. The second-order valence-corrected chi connectivity index (χ2v) is 6.44. The van der Waals surface area contributed by atoms with Crippen LogP contribution in [0.4, 0.5) is 0 Å². The van der Waals surface area contributed by atoms with Gasteiger partial charge in [0.2, 0.25) is 5.91 Å². The van der Waals surface area contributed by atoms with Crippen molar-refractivity contribution in [2.24, 2.45) is 10.4 Å². The molecular weight excluding hydrogens is 276 g/mol. The summed E-state index contributed by atoms with van der Waals surface area (Å²) in [6.45, 7) is 7.57. The molecule has 0 aliphatic carbocycles. The zero-order valence-electron chi connectivity index (χ0n) is 15.2. The van der Waals surface area contributed by atoms with Crippen molar-refractivity contribution < 1.29 is 4.79 Å². The van der Waals surface area contributed by atoms with Crippen molar-refractivity contribution in [3.05, 3.63) is 0 Å². The average molecular weight is 313 g/mol. The van der Waals surface area contributed by atoms with Gasteiger partial charge in [-0.3, -0.25) is 9.79 Å². The van der Waals surface area contributed by atoms with Crippen LogP contribution in [0.15, 0.2) is 4.99 Å². The van der Waals surface area contributed by atoms with Crippen molar-refractivity contribution in [1.29, 1.82) is 0 Å². The van der Waals surface area contributed by atoms with Gasteiger partial charge in [-0.25, -0.2) is 0 Å². The highest BCUT2D eigenvalue weighted by atomic mass is 16.2. The molecule has 22 heavy (non-hydrogen) atoms. The van der Waals surface area contributed by atoms with E-state index in [9.17, 15) is 4.79 Å². The molecule has 1 amide bonds. The van der Waals surface area contributed by atoms with E-state index in [1.54, 1.807) is 14.1 Å². The Morgan fingerprint density at radius 3 is 2.14 bits per heavy atom. The molecule has 0 saturated heterocycles. The van der Waals surface area contributed by atoms with Crippen molar-refractivity contribution in [2.45, 2.75) is 65.7 Å². The van der Waals surface area contributed by atoms with Gasteiger partial charge >= 0.3 is 0 Å². The number of aliphatic imine (C=N–C) groups is 1. The van der Waals surface area contributed by atoms with Crippen LogP contribution in [0, 0.1) is 5.41 Å². The topological polar surface area (TPSA) is 65.5 Å². The molecule has 0 saturated carbocycles. The number of nitrogens with one attached hydrogen (secondary N) is 3. The molecule has 0 atom stereocenters. The van der Waals surface area contributed by atoms with Gasteiger partial charge in [0.1, 0.15) is 0 Å². The molecule has 3 N–H and O–H groups in total. The lowest BCUT2D eigenvalue weighted by molar-refractivity contribution is -0.128. The summed E-state index contributed by atoms with van der Waals surface area (Å²) in [5.74, 6) is 0.797. The van der Waals surface area contributed by atoms with Gasteiger partial charge in [-0.1, -0.05) is 45.4 Å². The number of unbranched alkanes of at least 4 members (excludes halogenated alkanes) is 6. The minimum absolute atomic E-state index is 0.0301. The van der Waals surface area contributed by atoms with E-state index in [0.29, 0.717) is 6.54 Å². The zero-order valence-corrected chi connectivity index (χ0v) is 15.2. The van der Waals surface area contributed by atoms with Crippen LogP contribution >= 0.6 is 0 Å². The standard InChI is InChI=1S/C17H36N4O/c1-6-7-8-9-10-11-12-13-20-16(19-5)21-14-17(2,3)15(22)18-4/h6-14H2,1-5H3,(H,18,22)(H2,19,20,21). The quantitative estimate of drug-likeness (QED) is 0.312. The van der Waals surface area contributed by atoms with Crippen LogP contribution in [0.25, 0.3) is 0 Å². The van der Waals surface area contributed by atoms with Crippen molar-refractivity contribution in [3.8, 4) is 0 Å². The highest BCUT2D eigenvalue weighted by Gasteiger charge is 2.26. The molecule has 0 aromatic carbocycles. The maximum Gasteiger partial charge on any atom is 0.227 e. The van der Waals surface area contributed by atoms with Gasteiger partial charge in [0.25, 0.3) is 0 Å². The summed E-state index contributed by atoms with van der Waals surface area (Å²) in [5, 5.41) is 9.22. The summed E-state index contributed by atoms with van der Waals surface area (Å²) in [4.78, 5) is 15.9. The number of rotatable bonds is 11. The number of carbonyl (C=O) groups excluding carboxylic acids is 1. The molecule has 0 radical (unpaired) electrons. The first-order chi connectivity index (χ1) is 10.5. The first kappa shape index (κ1) is 20.7. The summed E-state index contributed by atoms with van der Waals surface area (Å²) in [7, 11) is 3.42. The fourth-order valence-electron chi connectivity index (χ4n) is 2.23. The predicted octanol–water partition coefficient (Wildman–Crippen LogP) is 2.67. The molecule has 0 aliphatic heterocycles. The third-order valence-electron chi connectivity index (χ3n) is 3.84. The van der Waals surface area contributed by atoms with Crippen LogP contribution in [-0.4, -0.2) is 39.1 Å². The van der Waals surface area contributed by atoms with Crippen LogP contribution in [0.3, 0.4) is 0 Å². The summed E-state index contributed by atoms with van der Waals surface area (Å²) in [6, 6.07) is 0. The Bertz CT molecular complexity index is 327. The molecule has 0 fully saturated rings. The van der Waals surface area contributed by atoms with Gasteiger partial charge in [-0.15, -0.1) is 0 Å². The molecule has 0 aliphatic rings. The summed E-state index contributed by atoms with van der Waals surface area (Å²) >= 11 is 0. The molecular formula is C17H36N4O. The van der Waals surface area contributed by atoms with Crippen LogP contribution in [-0.2, 0) is 4.79 Å². The van der Waals surface area contributed by atoms with Gasteiger partial charge in [0, 0.05) is 27.2 Å². The van der Waals surface area contributed by atoms with E-state index in [0.717, 1.165) is 18.9 Å². The molecule has 0 bridgehead atoms. The number of hydrogen-bond donors (Lipinski definition) is 3. The van der Waals surface area contributed by atoms with Crippen molar-refractivity contribution >= 4 is 11.9 Å². The van der Waals surface area contributed by atoms with Crippen molar-refractivity contribution in [1.82, 2.24) is 16.0 Å². The smallest absolute Gasteiger partial charge is 0.227 e. The highest BCUT2D eigenvalue weighted by Crippen LogP contribution is 2.12. The normalized spacial score (nSPS) is 12.1. The van der Waals surface area contributed by atoms with E-state index >= 15 is 0 Å². The monoisotopic (exact) mass is 312 g/mol. The zero-order chi connectivity index (χ0) is 16.8. The summed E-state index contributed by atoms with van der Waals surface area (Å²) < 4.78 is 0. The maximum atomic E-state index is 11.7. The van der Waals surface area contributed by atoms with Crippen molar-refractivity contribution in [3.63, 3.8) is 0 Å². The number of hydrogen-bond acceptors (Lipinski definition) is 2. The Morgan fingerprint density at radius 1 is 1.00 bits per heavy atom. The number of amides is 1. The number of carbonyl (C=O) groups is 1. The fourth-order valence-corrected chi connectivity index (χ4v) is 2.23. The lowest BCUT2D eigenvalue weighted by Gasteiger charge is -2.24. The minimum Gasteiger partial charge on any atom is -0.359 e. The van der Waals surface area contributed by atoms with Gasteiger partial charge in [0.15, 0.2) is 5.96 Å². The van der Waals surface area contributed by atoms with E-state index in [2.05, 4.69) is 27.9 Å². The van der Waals surface area contributed by atoms with Gasteiger partial charge in [-0.2, -0.15) is 0 Å². The third kappa shape index (κ3) is 9.64. The Balaban J connectivity index is 3.79. The minimum atomic E-state index is -0.453. The molecule has 0 rings (SSSR count). The SMILES string of the molecule is CCCCCCCCCNC(=NC)NCC(C)(C)C(=O)NC. The largest absolute Gasteiger partial charge is 0.359 e. The van der Waals surface area contributed by atoms with Crippen LogP contribution < -0.4 is 16.0 Å². The summed E-state index contributed by atoms with van der Waals surface area (Å²) in [5.41, 5.74) is -0.453. The molecule has 0 spiro atoms. The third-order valence-corrected chi connectivity index (χ3v) is 3.84. The first-order valence-corrected chi connectivity index (χ1v) is 8.64. The van der Waals surface area contributed by atoms with Crippen molar-refractivity contribution in [2.75, 3.05) is 27.2 Å². The Kier molecular flexibility index (Phi) is 11.6. The van der Waals surface area contributed by atoms with E-state index in [1.807, 2.05) is 13.8 Å². The second kappa shape index (κ2) is 12.3. The lowest BCUT2D eigenvalue weighted by atomic mass is 9.92. The summed E-state index contributed by atoms with van der Waals surface area (Å²) in [6.07, 6.45) is 9.11. The van der Waals surface area contributed by atoms with Crippen LogP contribution in [0.2, 0.25) is 0 Å². The maximum absolute atomic E-state index is 11.7. The van der Waals surface area contributed by atoms with E-state index in [-0.39, 0.29) is 5.91 Å². The predicted molar refractivity (Wildman–Crippen MR) is 95.2 cm³/mol. The lowest BCUT2D eigenvalue weighted by Crippen LogP contribution is -2.47. The van der Waals surface area contributed by atoms with Gasteiger partial charge in [-0.05, 0) is 20.3 Å². The van der Waals surface area contributed by atoms with E-state index in [4.69, 9.17) is 0 Å². The molecule has 5 nitrogen and oxygen atoms in total. The number of guanidine groups is 1.